The summed E-state index contributed by atoms with van der Waals surface area (Å²) in [4.78, 5) is 25.7. The molecular formula is C27H23NO5. The molecule has 3 N–H and O–H groups in total. The summed E-state index contributed by atoms with van der Waals surface area (Å²) in [6.45, 7) is 1.79. The van der Waals surface area contributed by atoms with E-state index in [2.05, 4.69) is 5.32 Å². The van der Waals surface area contributed by atoms with E-state index in [1.807, 2.05) is 24.3 Å². The van der Waals surface area contributed by atoms with Crippen molar-refractivity contribution in [3.63, 3.8) is 0 Å². The van der Waals surface area contributed by atoms with Crippen LogP contribution in [0.15, 0.2) is 82.0 Å². The molecule has 0 bridgehead atoms. The van der Waals surface area contributed by atoms with E-state index in [0.717, 1.165) is 11.1 Å². The monoisotopic (exact) mass is 441 g/mol. The van der Waals surface area contributed by atoms with Crippen LogP contribution in [-0.4, -0.2) is 22.2 Å². The molecule has 33 heavy (non-hydrogen) atoms. The summed E-state index contributed by atoms with van der Waals surface area (Å²) >= 11 is 0. The van der Waals surface area contributed by atoms with Gasteiger partial charge in [0, 0.05) is 17.9 Å². The second kappa shape index (κ2) is 8.22. The molecule has 0 aliphatic heterocycles. The number of hydrogen-bond acceptors (Lipinski definition) is 5. The maximum atomic E-state index is 13.0. The molecule has 4 aromatic rings. The first-order chi connectivity index (χ1) is 15.9. The molecule has 0 spiro atoms. The first-order valence-corrected chi connectivity index (χ1v) is 10.9. The number of para-hydroxylation sites is 1. The Labute approximate surface area is 190 Å². The molecule has 5 rings (SSSR count). The number of aliphatic hydroxyl groups excluding tert-OH is 1. The van der Waals surface area contributed by atoms with E-state index in [1.165, 1.54) is 0 Å². The zero-order valence-electron chi connectivity index (χ0n) is 18.0. The van der Waals surface area contributed by atoms with Crippen LogP contribution in [0.5, 0.6) is 5.75 Å². The lowest BCUT2D eigenvalue weighted by Crippen LogP contribution is -2.33. The number of fused-ring (bicyclic) bond motifs is 2. The van der Waals surface area contributed by atoms with Crippen LogP contribution in [-0.2, 0) is 6.42 Å². The van der Waals surface area contributed by atoms with E-state index >= 15 is 0 Å². The molecule has 0 saturated heterocycles. The minimum atomic E-state index is -0.687. The highest BCUT2D eigenvalue weighted by Crippen LogP contribution is 2.34. The van der Waals surface area contributed by atoms with Crippen molar-refractivity contribution in [3.05, 3.63) is 111 Å². The quantitative estimate of drug-likeness (QED) is 0.415. The van der Waals surface area contributed by atoms with Gasteiger partial charge >= 0.3 is 5.63 Å². The van der Waals surface area contributed by atoms with Crippen LogP contribution in [0.2, 0.25) is 0 Å². The zero-order chi connectivity index (χ0) is 23.1. The van der Waals surface area contributed by atoms with Crippen molar-refractivity contribution in [1.82, 2.24) is 5.32 Å². The van der Waals surface area contributed by atoms with E-state index in [0.29, 0.717) is 28.5 Å². The molecule has 1 aliphatic carbocycles. The number of hydrogen-bond donors (Lipinski definition) is 3. The number of aromatic hydroxyl groups is 1. The molecule has 0 radical (unpaired) electrons. The Bertz CT molecular complexity index is 1420. The highest BCUT2D eigenvalue weighted by molar-refractivity contribution is 5.95. The first kappa shape index (κ1) is 21.0. The molecule has 6 nitrogen and oxygen atoms in total. The Morgan fingerprint density at radius 3 is 2.67 bits per heavy atom. The molecule has 6 heteroatoms. The number of carbonyl (C=O) groups excluding carboxylic acids is 1. The van der Waals surface area contributed by atoms with Crippen LogP contribution < -0.4 is 10.9 Å². The summed E-state index contributed by atoms with van der Waals surface area (Å²) in [7, 11) is 0. The predicted octanol–water partition coefficient (Wildman–Crippen LogP) is 4.04. The third kappa shape index (κ3) is 3.68. The summed E-state index contributed by atoms with van der Waals surface area (Å²) in [5.74, 6) is -0.939. The van der Waals surface area contributed by atoms with E-state index in [-0.39, 0.29) is 17.2 Å². The summed E-state index contributed by atoms with van der Waals surface area (Å²) in [5, 5.41) is 24.6. The number of aliphatic hydroxyl groups is 1. The van der Waals surface area contributed by atoms with Crippen LogP contribution >= 0.6 is 0 Å². The van der Waals surface area contributed by atoms with Crippen molar-refractivity contribution in [1.29, 1.82) is 0 Å². The fourth-order valence-electron chi connectivity index (χ4n) is 4.62. The normalized spacial score (nSPS) is 18.1. The molecule has 1 amide bonds. The predicted molar refractivity (Wildman–Crippen MR) is 124 cm³/mol. The third-order valence-corrected chi connectivity index (χ3v) is 6.39. The highest BCUT2D eigenvalue weighted by Gasteiger charge is 2.32. The van der Waals surface area contributed by atoms with Gasteiger partial charge in [-0.05, 0) is 41.0 Å². The first-order valence-electron chi connectivity index (χ1n) is 10.9. The molecule has 3 unspecified atom stereocenters. The standard InChI is InChI=1S/C27H23NO5/c1-15(23-25(30)20-11-4-5-12-22(20)33-27(23)32)16-8-6-9-18(13-16)26(31)28-24-19-10-3-2-7-17(19)14-21(24)29/h2-13,15,21,24,29-30H,14H2,1H3,(H,28,31). The summed E-state index contributed by atoms with van der Waals surface area (Å²) in [6.07, 6.45) is -0.192. The molecule has 3 atom stereocenters. The van der Waals surface area contributed by atoms with Crippen molar-refractivity contribution in [2.75, 3.05) is 0 Å². The van der Waals surface area contributed by atoms with Gasteiger partial charge < -0.3 is 19.9 Å². The third-order valence-electron chi connectivity index (χ3n) is 6.39. The van der Waals surface area contributed by atoms with E-state index in [9.17, 15) is 19.8 Å². The lowest BCUT2D eigenvalue weighted by Gasteiger charge is -2.19. The fraction of sp³-hybridized carbons (Fsp3) is 0.185. The van der Waals surface area contributed by atoms with Gasteiger partial charge in [0.25, 0.3) is 5.91 Å². The van der Waals surface area contributed by atoms with Gasteiger partial charge in [0.1, 0.15) is 11.3 Å². The van der Waals surface area contributed by atoms with Crippen molar-refractivity contribution >= 4 is 16.9 Å². The van der Waals surface area contributed by atoms with Gasteiger partial charge in [-0.15, -0.1) is 0 Å². The van der Waals surface area contributed by atoms with Crippen LogP contribution in [0.25, 0.3) is 11.0 Å². The van der Waals surface area contributed by atoms with Gasteiger partial charge in [0.15, 0.2) is 0 Å². The second-order valence-electron chi connectivity index (χ2n) is 8.42. The van der Waals surface area contributed by atoms with Gasteiger partial charge in [0.2, 0.25) is 0 Å². The van der Waals surface area contributed by atoms with Crippen LogP contribution in [0, 0.1) is 0 Å². The molecule has 1 aliphatic rings. The lowest BCUT2D eigenvalue weighted by molar-refractivity contribution is 0.0858. The average molecular weight is 441 g/mol. The van der Waals surface area contributed by atoms with Gasteiger partial charge in [-0.1, -0.05) is 55.5 Å². The van der Waals surface area contributed by atoms with E-state index < -0.39 is 23.7 Å². The second-order valence-corrected chi connectivity index (χ2v) is 8.42. The molecule has 1 aromatic heterocycles. The van der Waals surface area contributed by atoms with Gasteiger partial charge in [-0.3, -0.25) is 4.79 Å². The topological polar surface area (TPSA) is 99.8 Å². The maximum Gasteiger partial charge on any atom is 0.343 e. The number of nitrogens with one attached hydrogen (secondary N) is 1. The summed E-state index contributed by atoms with van der Waals surface area (Å²) < 4.78 is 5.41. The van der Waals surface area contributed by atoms with E-state index in [4.69, 9.17) is 4.42 Å². The maximum absolute atomic E-state index is 13.0. The lowest BCUT2D eigenvalue weighted by atomic mass is 9.91. The average Bonchev–Trinajstić information content (AvgIpc) is 3.14. The van der Waals surface area contributed by atoms with Crippen molar-refractivity contribution < 1.29 is 19.4 Å². The smallest absolute Gasteiger partial charge is 0.343 e. The Kier molecular flexibility index (Phi) is 5.23. The number of benzene rings is 3. The Morgan fingerprint density at radius 2 is 1.82 bits per heavy atom. The minimum absolute atomic E-state index is 0.116. The fourth-order valence-corrected chi connectivity index (χ4v) is 4.62. The SMILES string of the molecule is CC(c1cccc(C(=O)NC2c3ccccc3CC2O)c1)c1c(O)c2ccccc2oc1=O. The molecular weight excluding hydrogens is 418 g/mol. The summed E-state index contributed by atoms with van der Waals surface area (Å²) in [6, 6.07) is 20.9. The van der Waals surface area contributed by atoms with Gasteiger partial charge in [-0.25, -0.2) is 4.79 Å². The Hall–Kier alpha value is -3.90. The van der Waals surface area contributed by atoms with Gasteiger partial charge in [-0.2, -0.15) is 0 Å². The zero-order valence-corrected chi connectivity index (χ0v) is 18.0. The van der Waals surface area contributed by atoms with Crippen molar-refractivity contribution in [3.8, 4) is 5.75 Å². The van der Waals surface area contributed by atoms with Crippen LogP contribution in [0.4, 0.5) is 0 Å². The van der Waals surface area contributed by atoms with Crippen LogP contribution in [0.1, 0.15) is 51.5 Å². The largest absolute Gasteiger partial charge is 0.507 e. The molecule has 0 saturated carbocycles. The Balaban J connectivity index is 1.45. The number of amides is 1. The summed E-state index contributed by atoms with van der Waals surface area (Å²) in [5.41, 5.74) is 2.89. The molecule has 1 heterocycles. The Morgan fingerprint density at radius 1 is 1.06 bits per heavy atom. The molecule has 3 aromatic carbocycles. The molecule has 0 fully saturated rings. The molecule has 166 valence electrons. The number of carbonyl (C=O) groups is 1. The number of rotatable bonds is 4. The minimum Gasteiger partial charge on any atom is -0.507 e. The van der Waals surface area contributed by atoms with E-state index in [1.54, 1.807) is 55.5 Å². The highest BCUT2D eigenvalue weighted by atomic mass is 16.4. The van der Waals surface area contributed by atoms with Crippen molar-refractivity contribution in [2.45, 2.75) is 31.4 Å². The van der Waals surface area contributed by atoms with Gasteiger partial charge in [0.05, 0.1) is 23.1 Å². The van der Waals surface area contributed by atoms with Crippen molar-refractivity contribution in [2.24, 2.45) is 0 Å². The van der Waals surface area contributed by atoms with Crippen LogP contribution in [0.3, 0.4) is 0 Å².